The van der Waals surface area contributed by atoms with Crippen LogP contribution in [-0.2, 0) is 9.47 Å². The molecule has 8 heteroatoms. The van der Waals surface area contributed by atoms with Crippen LogP contribution in [0.2, 0.25) is 0 Å². The molecule has 7 nitrogen and oxygen atoms in total. The average Bonchev–Trinajstić information content (AvgIpc) is 3.03. The average molecular weight is 320 g/mol. The van der Waals surface area contributed by atoms with Gasteiger partial charge in [0.05, 0.1) is 26.0 Å². The van der Waals surface area contributed by atoms with Gasteiger partial charge in [0.15, 0.2) is 0 Å². The number of carbonyl (C=O) groups is 1. The van der Waals surface area contributed by atoms with Crippen molar-refractivity contribution in [1.29, 1.82) is 0 Å². The second-order valence-electron chi connectivity index (χ2n) is 4.64. The monoisotopic (exact) mass is 320 g/mol. The second-order valence-corrected chi connectivity index (χ2v) is 5.56. The minimum Gasteiger partial charge on any atom is -0.465 e. The fourth-order valence-corrected chi connectivity index (χ4v) is 2.94. The van der Waals surface area contributed by atoms with Crippen LogP contribution in [0.1, 0.15) is 9.67 Å². The third kappa shape index (κ3) is 3.18. The minimum atomic E-state index is -0.361. The van der Waals surface area contributed by atoms with Crippen LogP contribution in [0.3, 0.4) is 0 Å². The van der Waals surface area contributed by atoms with Gasteiger partial charge < -0.3 is 19.7 Å². The minimum absolute atomic E-state index is 0.361. The largest absolute Gasteiger partial charge is 0.465 e. The van der Waals surface area contributed by atoms with Gasteiger partial charge in [-0.3, -0.25) is 0 Å². The van der Waals surface area contributed by atoms with Crippen molar-refractivity contribution in [1.82, 2.24) is 9.97 Å². The van der Waals surface area contributed by atoms with Gasteiger partial charge in [0, 0.05) is 19.2 Å². The summed E-state index contributed by atoms with van der Waals surface area (Å²) in [6.07, 6.45) is 1.51. The molecule has 22 heavy (non-hydrogen) atoms. The van der Waals surface area contributed by atoms with Gasteiger partial charge in [-0.05, 0) is 11.4 Å². The SMILES string of the molecule is COC(=O)c1sccc1Nc1cc(N2CCOCC2)ncn1. The molecular formula is C14H16N4O3S. The third-order valence-electron chi connectivity index (χ3n) is 3.29. The van der Waals surface area contributed by atoms with E-state index in [0.717, 1.165) is 18.9 Å². The summed E-state index contributed by atoms with van der Waals surface area (Å²) >= 11 is 1.33. The number of hydrogen-bond acceptors (Lipinski definition) is 8. The Hall–Kier alpha value is -2.19. The first-order chi connectivity index (χ1) is 10.8. The number of morpholine rings is 1. The summed E-state index contributed by atoms with van der Waals surface area (Å²) < 4.78 is 10.1. The number of esters is 1. The molecule has 1 saturated heterocycles. The van der Waals surface area contributed by atoms with Gasteiger partial charge in [-0.2, -0.15) is 0 Å². The Labute approximate surface area is 131 Å². The van der Waals surface area contributed by atoms with Crippen molar-refractivity contribution in [3.05, 3.63) is 28.7 Å². The molecule has 1 aliphatic heterocycles. The van der Waals surface area contributed by atoms with Crippen LogP contribution >= 0.6 is 11.3 Å². The van der Waals surface area contributed by atoms with Gasteiger partial charge in [-0.25, -0.2) is 14.8 Å². The number of rotatable bonds is 4. The Balaban J connectivity index is 1.78. The van der Waals surface area contributed by atoms with Crippen molar-refractivity contribution >= 4 is 34.6 Å². The molecule has 0 unspecified atom stereocenters. The van der Waals surface area contributed by atoms with E-state index >= 15 is 0 Å². The van der Waals surface area contributed by atoms with Gasteiger partial charge in [0.1, 0.15) is 22.8 Å². The van der Waals surface area contributed by atoms with Crippen LogP contribution in [0, 0.1) is 0 Å². The fraction of sp³-hybridized carbons (Fsp3) is 0.357. The molecule has 0 aromatic carbocycles. The summed E-state index contributed by atoms with van der Waals surface area (Å²) in [5.41, 5.74) is 0.684. The Morgan fingerprint density at radius 1 is 1.41 bits per heavy atom. The van der Waals surface area contributed by atoms with Gasteiger partial charge in [0.25, 0.3) is 0 Å². The quantitative estimate of drug-likeness (QED) is 0.862. The molecule has 3 rings (SSSR count). The van der Waals surface area contributed by atoms with Crippen molar-refractivity contribution in [2.24, 2.45) is 0 Å². The topological polar surface area (TPSA) is 76.6 Å². The normalized spacial score (nSPS) is 14.7. The molecule has 116 valence electrons. The molecule has 0 spiro atoms. The summed E-state index contributed by atoms with van der Waals surface area (Å²) in [5.74, 6) is 1.12. The van der Waals surface area contributed by atoms with Crippen LogP contribution in [0.5, 0.6) is 0 Å². The van der Waals surface area contributed by atoms with Crippen LogP contribution in [0.25, 0.3) is 0 Å². The molecule has 0 amide bonds. The molecule has 0 radical (unpaired) electrons. The smallest absolute Gasteiger partial charge is 0.350 e. The Kier molecular flexibility index (Phi) is 4.50. The predicted molar refractivity (Wildman–Crippen MR) is 84.0 cm³/mol. The van der Waals surface area contributed by atoms with E-state index in [2.05, 4.69) is 20.2 Å². The molecule has 0 atom stereocenters. The van der Waals surface area contributed by atoms with Gasteiger partial charge in [0.2, 0.25) is 0 Å². The number of nitrogens with zero attached hydrogens (tertiary/aromatic N) is 3. The van der Waals surface area contributed by atoms with Crippen molar-refractivity contribution in [3.63, 3.8) is 0 Å². The molecule has 1 aliphatic rings. The Morgan fingerprint density at radius 3 is 3.00 bits per heavy atom. The maximum Gasteiger partial charge on any atom is 0.350 e. The fourth-order valence-electron chi connectivity index (χ4n) is 2.18. The number of ether oxygens (including phenoxy) is 2. The first kappa shape index (κ1) is 14.7. The number of nitrogens with one attached hydrogen (secondary N) is 1. The van der Waals surface area contributed by atoms with Crippen LogP contribution < -0.4 is 10.2 Å². The molecular weight excluding hydrogens is 304 g/mol. The van der Waals surface area contributed by atoms with E-state index in [0.29, 0.717) is 29.6 Å². The van der Waals surface area contributed by atoms with Gasteiger partial charge in [-0.15, -0.1) is 11.3 Å². The van der Waals surface area contributed by atoms with E-state index in [1.54, 1.807) is 0 Å². The summed E-state index contributed by atoms with van der Waals surface area (Å²) in [7, 11) is 1.37. The first-order valence-corrected chi connectivity index (χ1v) is 7.73. The number of carbonyl (C=O) groups excluding carboxylic acids is 1. The standard InChI is InChI=1S/C14H16N4O3S/c1-20-14(19)13-10(2-7-22-13)17-11-8-12(16-9-15-11)18-3-5-21-6-4-18/h2,7-9H,3-6H2,1H3,(H,15,16,17). The lowest BCUT2D eigenvalue weighted by molar-refractivity contribution is 0.0607. The number of methoxy groups -OCH3 is 1. The zero-order valence-corrected chi connectivity index (χ0v) is 12.9. The van der Waals surface area contributed by atoms with E-state index in [1.807, 2.05) is 17.5 Å². The Morgan fingerprint density at radius 2 is 2.23 bits per heavy atom. The van der Waals surface area contributed by atoms with Gasteiger partial charge in [-0.1, -0.05) is 0 Å². The molecule has 0 bridgehead atoms. The predicted octanol–water partition coefficient (Wildman–Crippen LogP) is 1.90. The van der Waals surface area contributed by atoms with Crippen LogP contribution in [0.15, 0.2) is 23.8 Å². The van der Waals surface area contributed by atoms with Crippen molar-refractivity contribution < 1.29 is 14.3 Å². The van der Waals surface area contributed by atoms with Crippen LogP contribution in [-0.4, -0.2) is 49.4 Å². The lowest BCUT2D eigenvalue weighted by atomic mass is 10.3. The van der Waals surface area contributed by atoms with Crippen LogP contribution in [0.4, 0.5) is 17.3 Å². The van der Waals surface area contributed by atoms with Crippen molar-refractivity contribution in [3.8, 4) is 0 Å². The highest BCUT2D eigenvalue weighted by Crippen LogP contribution is 2.26. The molecule has 0 saturated carbocycles. The maximum atomic E-state index is 11.7. The number of thiophene rings is 1. The van der Waals surface area contributed by atoms with Crippen molar-refractivity contribution in [2.75, 3.05) is 43.6 Å². The summed E-state index contributed by atoms with van der Waals surface area (Å²) in [6, 6.07) is 3.69. The summed E-state index contributed by atoms with van der Waals surface area (Å²) in [5, 5.41) is 4.98. The number of anilines is 3. The first-order valence-electron chi connectivity index (χ1n) is 6.85. The molecule has 1 N–H and O–H groups in total. The van der Waals surface area contributed by atoms with E-state index < -0.39 is 0 Å². The van der Waals surface area contributed by atoms with E-state index in [9.17, 15) is 4.79 Å². The lowest BCUT2D eigenvalue weighted by Gasteiger charge is -2.27. The highest BCUT2D eigenvalue weighted by molar-refractivity contribution is 7.12. The Bertz CT molecular complexity index is 655. The number of hydrogen-bond donors (Lipinski definition) is 1. The maximum absolute atomic E-state index is 11.7. The molecule has 0 aliphatic carbocycles. The molecule has 3 heterocycles. The summed E-state index contributed by atoms with van der Waals surface area (Å²) in [4.78, 5) is 22.9. The lowest BCUT2D eigenvalue weighted by Crippen LogP contribution is -2.36. The zero-order valence-electron chi connectivity index (χ0n) is 12.1. The molecule has 2 aromatic heterocycles. The zero-order chi connectivity index (χ0) is 15.4. The summed E-state index contributed by atoms with van der Waals surface area (Å²) in [6.45, 7) is 3.01. The second kappa shape index (κ2) is 6.71. The molecule has 1 fully saturated rings. The van der Waals surface area contributed by atoms with Crippen molar-refractivity contribution in [2.45, 2.75) is 0 Å². The van der Waals surface area contributed by atoms with E-state index in [1.165, 1.54) is 24.8 Å². The van der Waals surface area contributed by atoms with E-state index in [-0.39, 0.29) is 5.97 Å². The van der Waals surface area contributed by atoms with E-state index in [4.69, 9.17) is 9.47 Å². The highest BCUT2D eigenvalue weighted by Gasteiger charge is 2.16. The van der Waals surface area contributed by atoms with Gasteiger partial charge >= 0.3 is 5.97 Å². The highest BCUT2D eigenvalue weighted by atomic mass is 32.1. The third-order valence-corrected chi connectivity index (χ3v) is 4.18. The molecule has 2 aromatic rings. The number of aromatic nitrogens is 2.